The third-order valence-corrected chi connectivity index (χ3v) is 8.48. The number of nitrogens with one attached hydrogen (secondary N) is 2. The number of ether oxygens (including phenoxy) is 3. The van der Waals surface area contributed by atoms with E-state index in [0.29, 0.717) is 45.8 Å². The van der Waals surface area contributed by atoms with Gasteiger partial charge in [-0.2, -0.15) is 0 Å². The Labute approximate surface area is 249 Å². The molecule has 2 aliphatic rings. The number of halogens is 2. The molecule has 0 aromatic heterocycles. The summed E-state index contributed by atoms with van der Waals surface area (Å²) in [7, 11) is 4.58. The number of methoxy groups -OCH3 is 3. The zero-order valence-electron chi connectivity index (χ0n) is 23.2. The van der Waals surface area contributed by atoms with Crippen molar-refractivity contribution in [2.24, 2.45) is 5.92 Å². The summed E-state index contributed by atoms with van der Waals surface area (Å²) in [4.78, 5) is 27.0. The number of fused-ring (bicyclic) bond motifs is 1. The second kappa shape index (κ2) is 12.0. The van der Waals surface area contributed by atoms with Gasteiger partial charge < -0.3 is 24.8 Å². The van der Waals surface area contributed by atoms with Crippen LogP contribution in [0.5, 0.6) is 17.2 Å². The molecular weight excluding hydrogens is 563 g/mol. The maximum absolute atomic E-state index is 13.9. The predicted molar refractivity (Wildman–Crippen MR) is 162 cm³/mol. The Balaban J connectivity index is 1.45. The smallest absolute Gasteiger partial charge is 0.248 e. The fourth-order valence-electron chi connectivity index (χ4n) is 6.22. The van der Waals surface area contributed by atoms with E-state index in [9.17, 15) is 9.59 Å². The molecular formula is C32H32Cl2N2O5. The Morgan fingerprint density at radius 3 is 2.44 bits per heavy atom. The normalized spacial score (nSPS) is 20.8. The molecule has 2 amide bonds. The maximum atomic E-state index is 13.9. The Morgan fingerprint density at radius 1 is 1.02 bits per heavy atom. The van der Waals surface area contributed by atoms with Crippen LogP contribution in [0.1, 0.15) is 36.8 Å². The molecule has 2 unspecified atom stereocenters. The molecule has 214 valence electrons. The number of amides is 2. The van der Waals surface area contributed by atoms with Crippen molar-refractivity contribution in [3.05, 3.63) is 87.4 Å². The maximum Gasteiger partial charge on any atom is 0.248 e. The molecule has 3 aromatic carbocycles. The largest absolute Gasteiger partial charge is 0.493 e. The van der Waals surface area contributed by atoms with Crippen LogP contribution in [0.15, 0.2) is 66.2 Å². The zero-order chi connectivity index (χ0) is 29.1. The molecule has 41 heavy (non-hydrogen) atoms. The molecule has 9 heteroatoms. The highest BCUT2D eigenvalue weighted by atomic mass is 35.5. The number of hydrogen-bond donors (Lipinski definition) is 2. The molecule has 7 nitrogen and oxygen atoms in total. The third kappa shape index (κ3) is 5.74. The van der Waals surface area contributed by atoms with E-state index < -0.39 is 5.41 Å². The van der Waals surface area contributed by atoms with Crippen LogP contribution < -0.4 is 24.8 Å². The summed E-state index contributed by atoms with van der Waals surface area (Å²) >= 11 is 12.6. The van der Waals surface area contributed by atoms with Crippen LogP contribution in [0.2, 0.25) is 10.0 Å². The summed E-state index contributed by atoms with van der Waals surface area (Å²) < 4.78 is 16.2. The summed E-state index contributed by atoms with van der Waals surface area (Å²) in [6.45, 7) is 0. The van der Waals surface area contributed by atoms with E-state index in [1.54, 1.807) is 24.3 Å². The molecule has 1 fully saturated rings. The number of rotatable bonds is 8. The third-order valence-electron chi connectivity index (χ3n) is 8.01. The molecule has 0 radical (unpaired) electrons. The topological polar surface area (TPSA) is 85.9 Å². The number of allylic oxidation sites excluding steroid dienone is 1. The monoisotopic (exact) mass is 594 g/mol. The standard InChI is InChI=1S/C32H32Cl2N2O5/c1-39-27-16-24(17-28(40-2)30(27)41-3)35-29(37)14-19-6-4-8-21(12-19)32(18-20-7-5-9-22(33)13-20)25-11-10-23(34)15-26(25)36-31(32)38/h5,7,9-11,13-17,21H,4,6,8,12,18H2,1-3H3,(H,35,37)(H,36,38)/b19-14-. The second-order valence-electron chi connectivity index (χ2n) is 10.4. The number of hydrogen-bond acceptors (Lipinski definition) is 5. The van der Waals surface area contributed by atoms with Crippen molar-refractivity contribution in [2.75, 3.05) is 32.0 Å². The van der Waals surface area contributed by atoms with E-state index in [1.165, 1.54) is 21.3 Å². The molecule has 1 heterocycles. The average Bonchev–Trinajstić information content (AvgIpc) is 3.22. The van der Waals surface area contributed by atoms with Gasteiger partial charge in [0, 0.05) is 39.6 Å². The van der Waals surface area contributed by atoms with Gasteiger partial charge in [-0.1, -0.05) is 47.0 Å². The number of anilines is 2. The zero-order valence-corrected chi connectivity index (χ0v) is 24.7. The van der Waals surface area contributed by atoms with Crippen molar-refractivity contribution < 1.29 is 23.8 Å². The minimum atomic E-state index is -0.822. The molecule has 1 aliphatic heterocycles. The van der Waals surface area contributed by atoms with Gasteiger partial charge in [0.2, 0.25) is 17.6 Å². The van der Waals surface area contributed by atoms with E-state index in [1.807, 2.05) is 36.4 Å². The van der Waals surface area contributed by atoms with Crippen LogP contribution in [0.4, 0.5) is 11.4 Å². The summed E-state index contributed by atoms with van der Waals surface area (Å²) in [5, 5.41) is 7.20. The van der Waals surface area contributed by atoms with Gasteiger partial charge in [0.1, 0.15) is 0 Å². The van der Waals surface area contributed by atoms with E-state index >= 15 is 0 Å². The van der Waals surface area contributed by atoms with E-state index in [2.05, 4.69) is 10.6 Å². The summed E-state index contributed by atoms with van der Waals surface area (Å²) in [6.07, 6.45) is 5.24. The minimum absolute atomic E-state index is 0.0297. The molecule has 3 aromatic rings. The molecule has 2 N–H and O–H groups in total. The Bertz CT molecular complexity index is 1500. The van der Waals surface area contributed by atoms with Gasteiger partial charge in [0.05, 0.1) is 26.7 Å². The van der Waals surface area contributed by atoms with Gasteiger partial charge in [-0.3, -0.25) is 9.59 Å². The highest BCUT2D eigenvalue weighted by Gasteiger charge is 2.52. The van der Waals surface area contributed by atoms with Crippen LogP contribution in [0, 0.1) is 5.92 Å². The van der Waals surface area contributed by atoms with Crippen molar-refractivity contribution >= 4 is 46.4 Å². The second-order valence-corrected chi connectivity index (χ2v) is 11.3. The number of carbonyl (C=O) groups excluding carboxylic acids is 2. The summed E-state index contributed by atoms with van der Waals surface area (Å²) in [6, 6.07) is 16.6. The van der Waals surface area contributed by atoms with Gasteiger partial charge >= 0.3 is 0 Å². The molecule has 2 atom stereocenters. The van der Waals surface area contributed by atoms with Gasteiger partial charge in [0.15, 0.2) is 11.5 Å². The van der Waals surface area contributed by atoms with Crippen LogP contribution in [0.25, 0.3) is 0 Å². The lowest BCUT2D eigenvalue weighted by Gasteiger charge is -2.39. The van der Waals surface area contributed by atoms with Gasteiger partial charge in [0.25, 0.3) is 0 Å². The van der Waals surface area contributed by atoms with Crippen molar-refractivity contribution in [2.45, 2.75) is 37.5 Å². The van der Waals surface area contributed by atoms with Gasteiger partial charge in [-0.15, -0.1) is 0 Å². The first-order valence-corrected chi connectivity index (χ1v) is 14.2. The Morgan fingerprint density at radius 2 is 1.76 bits per heavy atom. The SMILES string of the molecule is COc1cc(NC(=O)/C=C2/CCCC(C3(Cc4cccc(Cl)c4)C(=O)Nc4cc(Cl)ccc43)C2)cc(OC)c1OC. The van der Waals surface area contributed by atoms with Crippen molar-refractivity contribution in [3.63, 3.8) is 0 Å². The first-order chi connectivity index (χ1) is 19.8. The lowest BCUT2D eigenvalue weighted by molar-refractivity contribution is -0.123. The lowest BCUT2D eigenvalue weighted by Crippen LogP contribution is -2.45. The lowest BCUT2D eigenvalue weighted by atomic mass is 9.62. The number of carbonyl (C=O) groups is 2. The number of benzene rings is 3. The molecule has 0 bridgehead atoms. The van der Waals surface area contributed by atoms with Crippen LogP contribution in [-0.4, -0.2) is 33.1 Å². The molecule has 0 saturated heterocycles. The van der Waals surface area contributed by atoms with Crippen LogP contribution in [0.3, 0.4) is 0 Å². The molecule has 0 spiro atoms. The molecule has 1 saturated carbocycles. The summed E-state index contributed by atoms with van der Waals surface area (Å²) in [5.74, 6) is 0.994. The fraction of sp³-hybridized carbons (Fsp3) is 0.312. The van der Waals surface area contributed by atoms with E-state index in [-0.39, 0.29) is 17.7 Å². The predicted octanol–water partition coefficient (Wildman–Crippen LogP) is 7.21. The minimum Gasteiger partial charge on any atom is -0.493 e. The van der Waals surface area contributed by atoms with E-state index in [0.717, 1.165) is 41.6 Å². The fourth-order valence-corrected chi connectivity index (χ4v) is 6.61. The first-order valence-electron chi connectivity index (χ1n) is 13.4. The van der Waals surface area contributed by atoms with Crippen molar-refractivity contribution in [1.29, 1.82) is 0 Å². The van der Waals surface area contributed by atoms with E-state index in [4.69, 9.17) is 37.4 Å². The Hall–Kier alpha value is -3.68. The van der Waals surface area contributed by atoms with Crippen molar-refractivity contribution in [1.82, 2.24) is 0 Å². The van der Waals surface area contributed by atoms with Gasteiger partial charge in [-0.05, 0) is 73.4 Å². The van der Waals surface area contributed by atoms with Crippen LogP contribution >= 0.6 is 23.2 Å². The first kappa shape index (κ1) is 28.8. The summed E-state index contributed by atoms with van der Waals surface area (Å²) in [5.41, 5.74) is 3.34. The molecule has 5 rings (SSSR count). The van der Waals surface area contributed by atoms with Gasteiger partial charge in [-0.25, -0.2) is 0 Å². The Kier molecular flexibility index (Phi) is 8.47. The van der Waals surface area contributed by atoms with Crippen molar-refractivity contribution in [3.8, 4) is 17.2 Å². The quantitative estimate of drug-likeness (QED) is 0.269. The van der Waals surface area contributed by atoms with Crippen LogP contribution in [-0.2, 0) is 21.4 Å². The highest BCUT2D eigenvalue weighted by molar-refractivity contribution is 6.31. The molecule has 1 aliphatic carbocycles. The average molecular weight is 596 g/mol. The highest BCUT2D eigenvalue weighted by Crippen LogP contribution is 2.51.